The fourth-order valence-corrected chi connectivity index (χ4v) is 11.0. The van der Waals surface area contributed by atoms with Gasteiger partial charge in [0.15, 0.2) is 62.1 Å². The molecule has 1 amide bonds. The van der Waals surface area contributed by atoms with E-state index in [0.717, 1.165) is 27.7 Å². The summed E-state index contributed by atoms with van der Waals surface area (Å²) in [7, 11) is -7.93. The van der Waals surface area contributed by atoms with E-state index in [9.17, 15) is 34.2 Å². The molecule has 3 aliphatic rings. The van der Waals surface area contributed by atoms with Gasteiger partial charge in [-0.25, -0.2) is 0 Å². The van der Waals surface area contributed by atoms with Gasteiger partial charge in [-0.3, -0.25) is 24.0 Å². The van der Waals surface area contributed by atoms with Crippen LogP contribution < -0.4 is 5.32 Å². The summed E-state index contributed by atoms with van der Waals surface area (Å²) in [4.78, 5) is 63.5. The Balaban J connectivity index is 2.37. The molecule has 0 aromatic rings. The Morgan fingerprint density at radius 1 is 0.522 bits per heavy atom. The minimum atomic E-state index is -2.79. The predicted octanol–water partition coefficient (Wildman–Crippen LogP) is 4.97. The van der Waals surface area contributed by atoms with Gasteiger partial charge in [-0.2, -0.15) is 0 Å². The van der Waals surface area contributed by atoms with Crippen LogP contribution in [0.5, 0.6) is 0 Å². The van der Waals surface area contributed by atoms with Gasteiger partial charge in [0.2, 0.25) is 5.91 Å². The van der Waals surface area contributed by atoms with Gasteiger partial charge in [0.05, 0.1) is 18.8 Å². The summed E-state index contributed by atoms with van der Waals surface area (Å²) >= 11 is 0. The number of carbonyl (C=O) groups excluding carboxylic acids is 5. The van der Waals surface area contributed by atoms with E-state index >= 15 is 0 Å². The summed E-state index contributed by atoms with van der Waals surface area (Å²) in [5.74, 6) is -3.86. The number of carbonyl (C=O) groups is 5. The van der Waals surface area contributed by atoms with Crippen molar-refractivity contribution < 1.29 is 90.1 Å². The van der Waals surface area contributed by atoms with Gasteiger partial charge >= 0.3 is 23.9 Å². The molecule has 0 radical (unpaired) electrons. The molecule has 3 aliphatic heterocycles. The molecule has 0 saturated carbocycles. The molecule has 0 unspecified atom stereocenters. The number of aliphatic hydroxyl groups is 2. The molecule has 3 N–H and O–H groups in total. The average molecular weight is 1040 g/mol. The third-order valence-corrected chi connectivity index (χ3v) is 27.7. The van der Waals surface area contributed by atoms with Crippen LogP contribution in [0.15, 0.2) is 0 Å². The highest BCUT2D eigenvalue weighted by atomic mass is 28.4. The summed E-state index contributed by atoms with van der Waals surface area (Å²) in [6.07, 6.45) is -19.5. The van der Waals surface area contributed by atoms with Crippen molar-refractivity contribution in [1.29, 1.82) is 0 Å². The molecule has 0 aliphatic carbocycles. The van der Waals surface area contributed by atoms with Crippen molar-refractivity contribution in [2.24, 2.45) is 0 Å². The van der Waals surface area contributed by atoms with Crippen molar-refractivity contribution in [2.75, 3.05) is 13.2 Å². The Kier molecular flexibility index (Phi) is 20.5. The Morgan fingerprint density at radius 2 is 0.957 bits per heavy atom. The molecule has 0 spiro atoms. The molecular weight excluding hydrogens is 955 g/mol. The van der Waals surface area contributed by atoms with Crippen molar-refractivity contribution >= 4 is 54.7 Å². The highest BCUT2D eigenvalue weighted by Crippen LogP contribution is 2.44. The van der Waals surface area contributed by atoms with Crippen molar-refractivity contribution in [2.45, 2.75) is 250 Å². The van der Waals surface area contributed by atoms with Crippen LogP contribution in [0.3, 0.4) is 0 Å². The molecule has 3 fully saturated rings. The van der Waals surface area contributed by atoms with E-state index in [1.807, 2.05) is 67.7 Å². The number of nitrogens with one attached hydrogen (secondary N) is 1. The fourth-order valence-electron chi connectivity index (χ4n) is 7.31. The number of rotatable bonds is 17. The number of aliphatic hydroxyl groups excluding tert-OH is 2. The standard InChI is InChI=1S/C46H85NO19Si3/c1-24-34(65-68(18,19)45(10,11)12)33(53)38(66-69(20,21)46(13,14)15)42(57-24)64-37-32(47-25(2)48)41(54)61-31(23-56-67(16,17)44(7,8)9)35(37)63-43-40(60-29(6)52)39(59-28(5)51)36(58-27(4)50)30(62-43)22-55-26(3)49/h24,30-43,53-54H,22-23H2,1-21H3,(H,47,48)/t24-,30+,31+,32+,33+,34+,35+,36-,37+,38-,39-,40+,41+,42-,43-/m0/s1. The third kappa shape index (κ3) is 15.8. The highest BCUT2D eigenvalue weighted by Gasteiger charge is 2.59. The van der Waals surface area contributed by atoms with Crippen LogP contribution in [0.25, 0.3) is 0 Å². The van der Waals surface area contributed by atoms with Crippen LogP contribution in [0, 0.1) is 0 Å². The molecule has 3 heterocycles. The maximum Gasteiger partial charge on any atom is 0.303 e. The van der Waals surface area contributed by atoms with Gasteiger partial charge < -0.3 is 71.4 Å². The fraction of sp³-hybridized carbons (Fsp3) is 0.891. The lowest BCUT2D eigenvalue weighted by molar-refractivity contribution is -0.369. The van der Waals surface area contributed by atoms with Gasteiger partial charge in [0.25, 0.3) is 0 Å². The first-order chi connectivity index (χ1) is 31.2. The minimum Gasteiger partial charge on any atom is -0.463 e. The van der Waals surface area contributed by atoms with Gasteiger partial charge in [-0.15, -0.1) is 0 Å². The minimum absolute atomic E-state index is 0.215. The zero-order chi connectivity index (χ0) is 53.2. The lowest BCUT2D eigenvalue weighted by Crippen LogP contribution is -2.71. The SMILES string of the molecule is CC(=O)N[C@@H]1[C@@H](O[C@@H]2O[C@@H](C)[C@@H](O[Si](C)(C)C(C)(C)C)[C@@H](O)[C@@H]2O[Si](C)(C)C(C)(C)C)[C@H](O[C@@H]2O[C@H](COC(C)=O)[C@H](OC(C)=O)[C@H](OC(C)=O)[C@H]2OC(C)=O)[C@@H](CO[Si](C)(C)C(C)(C)C)O[C@H]1O. The maximum absolute atomic E-state index is 13.1. The first-order valence-electron chi connectivity index (χ1n) is 23.8. The molecule has 15 atom stereocenters. The Hall–Kier alpha value is -2.40. The summed E-state index contributed by atoms with van der Waals surface area (Å²) in [6.45, 7) is 37.4. The zero-order valence-electron chi connectivity index (χ0n) is 44.9. The van der Waals surface area contributed by atoms with Crippen molar-refractivity contribution in [3.63, 3.8) is 0 Å². The van der Waals surface area contributed by atoms with E-state index < -0.39 is 153 Å². The topological polar surface area (TPSA) is 249 Å². The van der Waals surface area contributed by atoms with Crippen molar-refractivity contribution in [3.05, 3.63) is 0 Å². The molecule has 3 saturated heterocycles. The quantitative estimate of drug-likeness (QED) is 0.0988. The summed E-state index contributed by atoms with van der Waals surface area (Å²) in [5, 5.41) is 26.3. The van der Waals surface area contributed by atoms with Crippen molar-refractivity contribution in [1.82, 2.24) is 5.32 Å². The van der Waals surface area contributed by atoms with Crippen LogP contribution >= 0.6 is 0 Å². The van der Waals surface area contributed by atoms with Crippen LogP contribution in [0.2, 0.25) is 54.4 Å². The second-order valence-electron chi connectivity index (χ2n) is 23.0. The van der Waals surface area contributed by atoms with Gasteiger partial charge in [0, 0.05) is 34.6 Å². The smallest absolute Gasteiger partial charge is 0.303 e. The summed E-state index contributed by atoms with van der Waals surface area (Å²) in [6, 6.07) is -1.42. The van der Waals surface area contributed by atoms with E-state index in [1.165, 1.54) is 6.92 Å². The summed E-state index contributed by atoms with van der Waals surface area (Å²) in [5.41, 5.74) is 0. The van der Waals surface area contributed by atoms with E-state index in [-0.39, 0.29) is 21.7 Å². The largest absolute Gasteiger partial charge is 0.463 e. The third-order valence-electron chi connectivity index (χ3n) is 14.2. The van der Waals surface area contributed by atoms with E-state index in [4.69, 9.17) is 55.9 Å². The normalized spacial score (nSPS) is 32.9. The monoisotopic (exact) mass is 1040 g/mol. The van der Waals surface area contributed by atoms with Crippen LogP contribution in [-0.2, 0) is 79.9 Å². The van der Waals surface area contributed by atoms with Gasteiger partial charge in [0.1, 0.15) is 49.3 Å². The number of amides is 1. The molecule has 3 rings (SSSR count). The molecule has 23 heteroatoms. The number of hydrogen-bond donors (Lipinski definition) is 3. The molecule has 0 aromatic carbocycles. The second-order valence-corrected chi connectivity index (χ2v) is 37.3. The van der Waals surface area contributed by atoms with E-state index in [0.29, 0.717) is 0 Å². The van der Waals surface area contributed by atoms with Gasteiger partial charge in [-0.05, 0) is 61.3 Å². The Bertz CT molecular complexity index is 1780. The number of esters is 4. The van der Waals surface area contributed by atoms with Crippen LogP contribution in [-0.4, -0.2) is 170 Å². The number of ether oxygens (including phenoxy) is 9. The first-order valence-corrected chi connectivity index (χ1v) is 32.5. The average Bonchev–Trinajstić information content (AvgIpc) is 3.15. The highest BCUT2D eigenvalue weighted by molar-refractivity contribution is 6.75. The van der Waals surface area contributed by atoms with Gasteiger partial charge in [-0.1, -0.05) is 62.3 Å². The molecule has 20 nitrogen and oxygen atoms in total. The van der Waals surface area contributed by atoms with Crippen LogP contribution in [0.4, 0.5) is 0 Å². The lowest BCUT2D eigenvalue weighted by atomic mass is 9.94. The molecule has 0 aromatic heterocycles. The van der Waals surface area contributed by atoms with E-state index in [2.05, 4.69) is 39.2 Å². The first kappa shape index (κ1) is 60.9. The maximum atomic E-state index is 13.1. The molecule has 69 heavy (non-hydrogen) atoms. The lowest BCUT2D eigenvalue weighted by Gasteiger charge is -2.53. The molecular formula is C46H85NO19Si3. The predicted molar refractivity (Wildman–Crippen MR) is 258 cm³/mol. The molecule has 0 bridgehead atoms. The van der Waals surface area contributed by atoms with E-state index in [1.54, 1.807) is 6.92 Å². The second kappa shape index (κ2) is 23.2. The Morgan fingerprint density at radius 3 is 1.42 bits per heavy atom. The molecule has 400 valence electrons. The Labute approximate surface area is 412 Å². The number of hydrogen-bond acceptors (Lipinski definition) is 19. The zero-order valence-corrected chi connectivity index (χ0v) is 47.9. The van der Waals surface area contributed by atoms with Crippen LogP contribution in [0.1, 0.15) is 104 Å². The summed E-state index contributed by atoms with van der Waals surface area (Å²) < 4.78 is 76.2. The van der Waals surface area contributed by atoms with Crippen molar-refractivity contribution in [3.8, 4) is 0 Å².